The van der Waals surface area contributed by atoms with Gasteiger partial charge < -0.3 is 9.47 Å². The zero-order chi connectivity index (χ0) is 8.85. The lowest BCUT2D eigenvalue weighted by molar-refractivity contribution is -0.173. The van der Waals surface area contributed by atoms with Gasteiger partial charge in [0.15, 0.2) is 6.17 Å². The van der Waals surface area contributed by atoms with Crippen molar-refractivity contribution >= 4 is 5.97 Å². The molecule has 65 valence electrons. The minimum atomic E-state index is -1.60. The number of esters is 1. The highest BCUT2D eigenvalue weighted by molar-refractivity contribution is 5.73. The SMILES string of the molecule is C[CH]OC(C)OC(=O)C(C)F. The lowest BCUT2D eigenvalue weighted by Gasteiger charge is -2.12. The summed E-state index contributed by atoms with van der Waals surface area (Å²) in [5.74, 6) is -0.903. The molecule has 2 atom stereocenters. The van der Waals surface area contributed by atoms with Crippen LogP contribution in [-0.4, -0.2) is 18.4 Å². The van der Waals surface area contributed by atoms with Crippen molar-refractivity contribution in [2.45, 2.75) is 33.2 Å². The summed E-state index contributed by atoms with van der Waals surface area (Å²) >= 11 is 0. The molecule has 3 nitrogen and oxygen atoms in total. The van der Waals surface area contributed by atoms with Gasteiger partial charge in [0.1, 0.15) is 0 Å². The number of carbonyl (C=O) groups is 1. The molecule has 0 amide bonds. The Morgan fingerprint density at radius 2 is 2.09 bits per heavy atom. The summed E-state index contributed by atoms with van der Waals surface area (Å²) in [4.78, 5) is 10.5. The van der Waals surface area contributed by atoms with Gasteiger partial charge in [-0.05, 0) is 20.8 Å². The smallest absolute Gasteiger partial charge is 0.342 e. The molecule has 0 saturated carbocycles. The highest BCUT2D eigenvalue weighted by Gasteiger charge is 2.15. The standard InChI is InChI=1S/C7H12FO3/c1-4-10-6(3)11-7(9)5(2)8/h4-6H,1-3H3. The summed E-state index contributed by atoms with van der Waals surface area (Å²) in [7, 11) is 0. The minimum absolute atomic E-state index is 0.717. The zero-order valence-electron chi connectivity index (χ0n) is 6.83. The van der Waals surface area contributed by atoms with Crippen molar-refractivity contribution in [3.8, 4) is 0 Å². The molecule has 4 heteroatoms. The highest BCUT2D eigenvalue weighted by atomic mass is 19.1. The average Bonchev–Trinajstić information content (AvgIpc) is 1.87. The molecule has 0 heterocycles. The van der Waals surface area contributed by atoms with Crippen molar-refractivity contribution in [1.29, 1.82) is 0 Å². The first-order valence-electron chi connectivity index (χ1n) is 3.35. The van der Waals surface area contributed by atoms with E-state index in [4.69, 9.17) is 4.74 Å². The molecule has 0 aromatic heterocycles. The van der Waals surface area contributed by atoms with Gasteiger partial charge in [0, 0.05) is 0 Å². The van der Waals surface area contributed by atoms with E-state index >= 15 is 0 Å². The Bertz CT molecular complexity index is 125. The molecule has 0 aliphatic heterocycles. The van der Waals surface area contributed by atoms with E-state index in [9.17, 15) is 9.18 Å². The third kappa shape index (κ3) is 4.72. The number of alkyl halides is 1. The lowest BCUT2D eigenvalue weighted by atomic mass is 10.4. The Balaban J connectivity index is 3.57. The molecule has 11 heavy (non-hydrogen) atoms. The summed E-state index contributed by atoms with van der Waals surface area (Å²) in [6.45, 7) is 5.65. The first kappa shape index (κ1) is 10.4. The van der Waals surface area contributed by atoms with Crippen molar-refractivity contribution < 1.29 is 18.7 Å². The largest absolute Gasteiger partial charge is 0.434 e. The first-order chi connectivity index (χ1) is 5.07. The van der Waals surface area contributed by atoms with Crippen LogP contribution in [0.3, 0.4) is 0 Å². The van der Waals surface area contributed by atoms with Gasteiger partial charge in [-0.15, -0.1) is 0 Å². The van der Waals surface area contributed by atoms with Crippen LogP contribution in [0.5, 0.6) is 0 Å². The van der Waals surface area contributed by atoms with Crippen molar-refractivity contribution in [2.24, 2.45) is 0 Å². The van der Waals surface area contributed by atoms with Gasteiger partial charge in [0.25, 0.3) is 0 Å². The minimum Gasteiger partial charge on any atom is -0.434 e. The fourth-order valence-corrected chi connectivity index (χ4v) is 0.477. The number of ether oxygens (including phenoxy) is 2. The fraction of sp³-hybridized carbons (Fsp3) is 0.714. The van der Waals surface area contributed by atoms with Crippen molar-refractivity contribution in [3.63, 3.8) is 0 Å². The number of halogens is 1. The Morgan fingerprint density at radius 1 is 1.55 bits per heavy atom. The third-order valence-electron chi connectivity index (χ3n) is 0.935. The second-order valence-corrected chi connectivity index (χ2v) is 1.99. The molecule has 0 aromatic rings. The summed E-state index contributed by atoms with van der Waals surface area (Å²) < 4.78 is 21.4. The van der Waals surface area contributed by atoms with Crippen LogP contribution >= 0.6 is 0 Å². The van der Waals surface area contributed by atoms with E-state index in [-0.39, 0.29) is 0 Å². The Kier molecular flexibility index (Phi) is 4.77. The molecular formula is C7H12FO3. The number of hydrogen-bond acceptors (Lipinski definition) is 3. The Hall–Kier alpha value is -0.640. The van der Waals surface area contributed by atoms with Gasteiger partial charge in [0.05, 0.1) is 6.61 Å². The number of hydrogen-bond donors (Lipinski definition) is 0. The van der Waals surface area contributed by atoms with E-state index in [2.05, 4.69) is 4.74 Å². The van der Waals surface area contributed by atoms with E-state index in [1.54, 1.807) is 6.92 Å². The highest BCUT2D eigenvalue weighted by Crippen LogP contribution is 2.00. The predicted molar refractivity (Wildman–Crippen MR) is 37.2 cm³/mol. The molecule has 0 bridgehead atoms. The van der Waals surface area contributed by atoms with E-state index in [0.29, 0.717) is 0 Å². The van der Waals surface area contributed by atoms with Gasteiger partial charge in [-0.1, -0.05) is 0 Å². The van der Waals surface area contributed by atoms with E-state index < -0.39 is 18.4 Å². The Morgan fingerprint density at radius 3 is 2.45 bits per heavy atom. The fourth-order valence-electron chi connectivity index (χ4n) is 0.477. The van der Waals surface area contributed by atoms with E-state index in [1.807, 2.05) is 0 Å². The molecule has 0 spiro atoms. The van der Waals surface area contributed by atoms with Crippen molar-refractivity contribution in [2.75, 3.05) is 0 Å². The molecule has 0 aliphatic carbocycles. The van der Waals surface area contributed by atoms with Gasteiger partial charge in [-0.2, -0.15) is 0 Å². The zero-order valence-corrected chi connectivity index (χ0v) is 6.83. The van der Waals surface area contributed by atoms with E-state index in [0.717, 1.165) is 6.92 Å². The second-order valence-electron chi connectivity index (χ2n) is 1.99. The van der Waals surface area contributed by atoms with Crippen LogP contribution < -0.4 is 0 Å². The van der Waals surface area contributed by atoms with Gasteiger partial charge in [0.2, 0.25) is 6.29 Å². The molecule has 0 rings (SSSR count). The molecule has 2 unspecified atom stereocenters. The van der Waals surface area contributed by atoms with Gasteiger partial charge in [-0.3, -0.25) is 0 Å². The van der Waals surface area contributed by atoms with Gasteiger partial charge >= 0.3 is 5.97 Å². The van der Waals surface area contributed by atoms with E-state index in [1.165, 1.54) is 13.5 Å². The molecule has 0 saturated heterocycles. The average molecular weight is 163 g/mol. The first-order valence-corrected chi connectivity index (χ1v) is 3.35. The molecular weight excluding hydrogens is 151 g/mol. The van der Waals surface area contributed by atoms with Gasteiger partial charge in [-0.25, -0.2) is 9.18 Å². The summed E-state index contributed by atoms with van der Waals surface area (Å²) in [5.41, 5.74) is 0. The maximum absolute atomic E-state index is 12.2. The van der Waals surface area contributed by atoms with Crippen LogP contribution in [-0.2, 0) is 14.3 Å². The van der Waals surface area contributed by atoms with Crippen molar-refractivity contribution in [3.05, 3.63) is 6.61 Å². The van der Waals surface area contributed by atoms with Crippen LogP contribution in [0.15, 0.2) is 0 Å². The molecule has 0 fully saturated rings. The lowest BCUT2D eigenvalue weighted by Crippen LogP contribution is -2.22. The second kappa shape index (κ2) is 5.07. The molecule has 1 radical (unpaired) electrons. The summed E-state index contributed by atoms with van der Waals surface area (Å²) in [6.07, 6.45) is -2.32. The topological polar surface area (TPSA) is 35.5 Å². The third-order valence-corrected chi connectivity index (χ3v) is 0.935. The number of carbonyl (C=O) groups excluding carboxylic acids is 1. The molecule has 0 aromatic carbocycles. The number of rotatable bonds is 4. The molecule has 0 N–H and O–H groups in total. The van der Waals surface area contributed by atoms with Crippen molar-refractivity contribution in [1.82, 2.24) is 0 Å². The Labute approximate surface area is 65.5 Å². The quantitative estimate of drug-likeness (QED) is 0.464. The van der Waals surface area contributed by atoms with Crippen LogP contribution in [0.25, 0.3) is 0 Å². The van der Waals surface area contributed by atoms with Crippen LogP contribution in [0.2, 0.25) is 0 Å². The summed E-state index contributed by atoms with van der Waals surface area (Å²) in [5, 5.41) is 0. The normalized spacial score (nSPS) is 15.6. The maximum Gasteiger partial charge on any atom is 0.342 e. The van der Waals surface area contributed by atoms with Crippen LogP contribution in [0.4, 0.5) is 4.39 Å². The van der Waals surface area contributed by atoms with Crippen LogP contribution in [0, 0.1) is 6.61 Å². The molecule has 0 aliphatic rings. The monoisotopic (exact) mass is 163 g/mol. The maximum atomic E-state index is 12.2. The summed E-state index contributed by atoms with van der Waals surface area (Å²) in [6, 6.07) is 0. The van der Waals surface area contributed by atoms with Crippen LogP contribution in [0.1, 0.15) is 20.8 Å². The predicted octanol–water partition coefficient (Wildman–Crippen LogP) is 1.43.